The van der Waals surface area contributed by atoms with E-state index in [1.807, 2.05) is 5.32 Å². The zero-order valence-corrected chi connectivity index (χ0v) is 13.8. The number of aromatic nitrogens is 2. The fraction of sp³-hybridized carbons (Fsp3) is 0.312. The molecule has 1 heterocycles. The maximum absolute atomic E-state index is 11.9. The van der Waals surface area contributed by atoms with Crippen molar-refractivity contribution in [2.45, 2.75) is 26.3 Å². The molecule has 0 saturated carbocycles. The molecule has 3 amide bonds. The fourth-order valence-electron chi connectivity index (χ4n) is 2.10. The number of hydrogen-bond donors (Lipinski definition) is 3. The van der Waals surface area contributed by atoms with Crippen LogP contribution >= 0.6 is 0 Å². The van der Waals surface area contributed by atoms with E-state index >= 15 is 0 Å². The van der Waals surface area contributed by atoms with Crippen LogP contribution in [0.2, 0.25) is 0 Å². The Morgan fingerprint density at radius 1 is 1.20 bits per heavy atom. The predicted molar refractivity (Wildman–Crippen MR) is 88.8 cm³/mol. The smallest absolute Gasteiger partial charge is 0.321 e. The number of nitrogens with zero attached hydrogens (tertiary/aromatic N) is 1. The Bertz CT molecular complexity index is 859. The summed E-state index contributed by atoms with van der Waals surface area (Å²) >= 11 is 0. The molecule has 0 aliphatic heterocycles. The van der Waals surface area contributed by atoms with Gasteiger partial charge in [0.1, 0.15) is 0 Å². The van der Waals surface area contributed by atoms with Gasteiger partial charge >= 0.3 is 12.0 Å². The zero-order valence-electron chi connectivity index (χ0n) is 13.8. The van der Waals surface area contributed by atoms with Crippen LogP contribution in [-0.2, 0) is 20.7 Å². The normalized spacial score (nSPS) is 10.5. The van der Waals surface area contributed by atoms with Gasteiger partial charge in [-0.25, -0.2) is 9.89 Å². The van der Waals surface area contributed by atoms with Crippen LogP contribution in [0.4, 0.5) is 4.79 Å². The van der Waals surface area contributed by atoms with Crippen molar-refractivity contribution in [3.63, 3.8) is 0 Å². The topological polar surface area (TPSA) is 130 Å². The average molecular weight is 346 g/mol. The third kappa shape index (κ3) is 5.13. The highest BCUT2D eigenvalue weighted by molar-refractivity contribution is 5.95. The molecule has 3 N–H and O–H groups in total. The molecule has 9 nitrogen and oxygen atoms in total. The molecule has 1 aromatic heterocycles. The number of ether oxygens (including phenoxy) is 1. The van der Waals surface area contributed by atoms with E-state index in [4.69, 9.17) is 4.74 Å². The number of aromatic amines is 1. The second-order valence-corrected chi connectivity index (χ2v) is 5.56. The van der Waals surface area contributed by atoms with Gasteiger partial charge in [-0.1, -0.05) is 18.2 Å². The average Bonchev–Trinajstić information content (AvgIpc) is 2.55. The molecule has 0 aliphatic carbocycles. The van der Waals surface area contributed by atoms with E-state index in [1.165, 1.54) is 0 Å². The Labute approximate surface area is 142 Å². The van der Waals surface area contributed by atoms with E-state index in [0.717, 1.165) is 0 Å². The molecule has 25 heavy (non-hydrogen) atoms. The van der Waals surface area contributed by atoms with E-state index < -0.39 is 24.5 Å². The van der Waals surface area contributed by atoms with Crippen LogP contribution < -0.4 is 16.2 Å². The molecular weight excluding hydrogens is 328 g/mol. The summed E-state index contributed by atoms with van der Waals surface area (Å²) in [4.78, 5) is 46.4. The number of amides is 3. The molecule has 2 aromatic rings. The zero-order chi connectivity index (χ0) is 18.4. The lowest BCUT2D eigenvalue weighted by Gasteiger charge is -2.09. The molecular formula is C16H18N4O5. The van der Waals surface area contributed by atoms with Crippen LogP contribution in [0.25, 0.3) is 10.8 Å². The molecule has 0 bridgehead atoms. The summed E-state index contributed by atoms with van der Waals surface area (Å²) in [5, 5.41) is 11.6. The van der Waals surface area contributed by atoms with Gasteiger partial charge in [-0.3, -0.25) is 19.7 Å². The van der Waals surface area contributed by atoms with Gasteiger partial charge in [0.25, 0.3) is 11.5 Å². The summed E-state index contributed by atoms with van der Waals surface area (Å²) in [6.07, 6.45) is -0.219. The van der Waals surface area contributed by atoms with Crippen molar-refractivity contribution in [3.8, 4) is 0 Å². The number of benzene rings is 1. The van der Waals surface area contributed by atoms with Crippen molar-refractivity contribution >= 4 is 28.7 Å². The highest BCUT2D eigenvalue weighted by Crippen LogP contribution is 2.13. The quantitative estimate of drug-likeness (QED) is 0.665. The Morgan fingerprint density at radius 2 is 1.88 bits per heavy atom. The summed E-state index contributed by atoms with van der Waals surface area (Å²) in [5.74, 6) is -1.45. The first kappa shape index (κ1) is 18.1. The maximum Gasteiger partial charge on any atom is 0.321 e. The Balaban J connectivity index is 1.93. The van der Waals surface area contributed by atoms with E-state index in [-0.39, 0.29) is 18.0 Å². The number of imide groups is 1. The predicted octanol–water partition coefficient (Wildman–Crippen LogP) is 0.243. The van der Waals surface area contributed by atoms with Crippen LogP contribution in [0.1, 0.15) is 19.5 Å². The molecule has 2 rings (SSSR count). The molecule has 0 unspecified atom stereocenters. The number of esters is 1. The molecule has 9 heteroatoms. The lowest BCUT2D eigenvalue weighted by atomic mass is 10.1. The van der Waals surface area contributed by atoms with Crippen molar-refractivity contribution in [1.29, 1.82) is 0 Å². The van der Waals surface area contributed by atoms with Gasteiger partial charge in [-0.2, -0.15) is 5.10 Å². The second-order valence-electron chi connectivity index (χ2n) is 5.56. The molecule has 0 saturated heterocycles. The summed E-state index contributed by atoms with van der Waals surface area (Å²) < 4.78 is 4.83. The summed E-state index contributed by atoms with van der Waals surface area (Å²) in [7, 11) is 0. The fourth-order valence-corrected chi connectivity index (χ4v) is 2.10. The number of rotatable bonds is 5. The number of fused-ring (bicyclic) bond motifs is 1. The first-order valence-corrected chi connectivity index (χ1v) is 7.59. The van der Waals surface area contributed by atoms with Gasteiger partial charge in [0, 0.05) is 11.4 Å². The monoisotopic (exact) mass is 346 g/mol. The minimum atomic E-state index is -0.745. The number of urea groups is 1. The van der Waals surface area contributed by atoms with Crippen LogP contribution in [0.15, 0.2) is 29.1 Å². The van der Waals surface area contributed by atoms with Crippen molar-refractivity contribution in [1.82, 2.24) is 20.8 Å². The van der Waals surface area contributed by atoms with Crippen molar-refractivity contribution < 1.29 is 19.1 Å². The molecule has 0 fully saturated rings. The third-order valence-electron chi connectivity index (χ3n) is 3.12. The second kappa shape index (κ2) is 8.04. The number of H-pyrrole nitrogens is 1. The summed E-state index contributed by atoms with van der Waals surface area (Å²) in [6, 6.07) is 5.92. The molecule has 0 atom stereocenters. The van der Waals surface area contributed by atoms with Gasteiger partial charge in [0.2, 0.25) is 0 Å². The molecule has 132 valence electrons. The Morgan fingerprint density at radius 3 is 2.56 bits per heavy atom. The van der Waals surface area contributed by atoms with Crippen LogP contribution in [0.5, 0.6) is 0 Å². The number of carbonyl (C=O) groups is 3. The first-order valence-electron chi connectivity index (χ1n) is 7.59. The summed E-state index contributed by atoms with van der Waals surface area (Å²) in [6.45, 7) is 2.89. The third-order valence-corrected chi connectivity index (χ3v) is 3.12. The largest absolute Gasteiger partial charge is 0.455 e. The number of nitrogens with one attached hydrogen (secondary N) is 3. The minimum Gasteiger partial charge on any atom is -0.455 e. The lowest BCUT2D eigenvalue weighted by molar-refractivity contribution is -0.147. The van der Waals surface area contributed by atoms with E-state index in [0.29, 0.717) is 16.5 Å². The van der Waals surface area contributed by atoms with Crippen LogP contribution in [-0.4, -0.2) is 40.8 Å². The Kier molecular flexibility index (Phi) is 5.83. The molecule has 1 aromatic carbocycles. The SMILES string of the molecule is CC(C)NC(=O)NC(=O)COC(=O)Cc1n[nH]c(=O)c2ccccc12. The lowest BCUT2D eigenvalue weighted by Crippen LogP contribution is -2.44. The summed E-state index contributed by atoms with van der Waals surface area (Å²) in [5.41, 5.74) is -0.0265. The standard InChI is InChI=1S/C16H18N4O5/c1-9(2)17-16(24)18-13(21)8-25-14(22)7-12-10-5-3-4-6-11(10)15(23)20-19-12/h3-6,9H,7-8H2,1-2H3,(H,20,23)(H2,17,18,21,24). The van der Waals surface area contributed by atoms with Gasteiger partial charge in [0.15, 0.2) is 6.61 Å². The Hall–Kier alpha value is -3.23. The van der Waals surface area contributed by atoms with Gasteiger partial charge in [-0.05, 0) is 19.9 Å². The van der Waals surface area contributed by atoms with Crippen molar-refractivity contribution in [2.24, 2.45) is 0 Å². The molecule has 0 aliphatic rings. The van der Waals surface area contributed by atoms with E-state index in [1.54, 1.807) is 38.1 Å². The molecule has 0 radical (unpaired) electrons. The van der Waals surface area contributed by atoms with Crippen LogP contribution in [0, 0.1) is 0 Å². The number of carbonyl (C=O) groups excluding carboxylic acids is 3. The van der Waals surface area contributed by atoms with E-state index in [9.17, 15) is 19.2 Å². The van der Waals surface area contributed by atoms with Gasteiger partial charge < -0.3 is 10.1 Å². The van der Waals surface area contributed by atoms with Crippen molar-refractivity contribution in [2.75, 3.05) is 6.61 Å². The first-order chi connectivity index (χ1) is 11.9. The molecule has 0 spiro atoms. The van der Waals surface area contributed by atoms with E-state index in [2.05, 4.69) is 15.5 Å². The highest BCUT2D eigenvalue weighted by Gasteiger charge is 2.14. The minimum absolute atomic E-state index is 0.130. The van der Waals surface area contributed by atoms with Gasteiger partial charge in [0.05, 0.1) is 17.5 Å². The van der Waals surface area contributed by atoms with Gasteiger partial charge in [-0.15, -0.1) is 0 Å². The highest BCUT2D eigenvalue weighted by atomic mass is 16.5. The van der Waals surface area contributed by atoms with Crippen LogP contribution in [0.3, 0.4) is 0 Å². The van der Waals surface area contributed by atoms with Crippen molar-refractivity contribution in [3.05, 3.63) is 40.3 Å². The number of hydrogen-bond acceptors (Lipinski definition) is 6. The maximum atomic E-state index is 11.9.